The number of rotatable bonds is 4. The lowest BCUT2D eigenvalue weighted by Crippen LogP contribution is -2.60. The van der Waals surface area contributed by atoms with Crippen LogP contribution in [-0.4, -0.2) is 94.0 Å². The number of hydrogen-bond acceptors (Lipinski definition) is 7. The fourth-order valence-electron chi connectivity index (χ4n) is 4.42. The van der Waals surface area contributed by atoms with Crippen molar-refractivity contribution >= 4 is 41.1 Å². The van der Waals surface area contributed by atoms with Crippen LogP contribution in [0.15, 0.2) is 30.3 Å². The number of amides is 5. The molecule has 6 N–H and O–H groups in total. The quantitative estimate of drug-likeness (QED) is 0.248. The van der Waals surface area contributed by atoms with E-state index in [0.717, 1.165) is 0 Å². The normalized spacial score (nSPS) is 30.2. The monoisotopic (exact) mass is 537 g/mol. The van der Waals surface area contributed by atoms with E-state index in [9.17, 15) is 34.2 Å². The molecule has 2 aliphatic rings. The van der Waals surface area contributed by atoms with Crippen LogP contribution in [0.3, 0.4) is 0 Å². The van der Waals surface area contributed by atoms with Gasteiger partial charge in [-0.2, -0.15) is 0 Å². The Hall–Kier alpha value is -3.22. The molecule has 0 aromatic heterocycles. The topological polar surface area (TPSA) is 177 Å². The van der Waals surface area contributed by atoms with Crippen molar-refractivity contribution in [2.75, 3.05) is 19.8 Å². The van der Waals surface area contributed by atoms with Crippen molar-refractivity contribution in [3.05, 3.63) is 35.9 Å². The van der Waals surface area contributed by atoms with Crippen molar-refractivity contribution in [2.45, 2.75) is 61.8 Å². The molecule has 6 atom stereocenters. The summed E-state index contributed by atoms with van der Waals surface area (Å²) in [5, 5.41) is 29.1. The zero-order chi connectivity index (χ0) is 27.1. The van der Waals surface area contributed by atoms with Crippen molar-refractivity contribution in [3.8, 4) is 0 Å². The van der Waals surface area contributed by atoms with E-state index in [1.54, 1.807) is 37.3 Å². The molecule has 2 heterocycles. The number of aliphatic hydroxyl groups excluding tert-OH is 2. The van der Waals surface area contributed by atoms with E-state index in [1.807, 2.05) is 0 Å². The van der Waals surface area contributed by atoms with Gasteiger partial charge < -0.3 is 36.4 Å². The summed E-state index contributed by atoms with van der Waals surface area (Å²) in [5.41, 5.74) is 0.574. The van der Waals surface area contributed by atoms with Gasteiger partial charge in [0.2, 0.25) is 29.5 Å². The van der Waals surface area contributed by atoms with Crippen molar-refractivity contribution < 1.29 is 34.2 Å². The van der Waals surface area contributed by atoms with Crippen molar-refractivity contribution in [1.29, 1.82) is 0 Å². The summed E-state index contributed by atoms with van der Waals surface area (Å²) in [6.07, 6.45) is 0.153. The van der Waals surface area contributed by atoms with Gasteiger partial charge in [0.1, 0.15) is 24.2 Å². The first-order valence-electron chi connectivity index (χ1n) is 12.1. The third-order valence-electron chi connectivity index (χ3n) is 6.46. The van der Waals surface area contributed by atoms with Crippen molar-refractivity contribution in [2.24, 2.45) is 0 Å². The summed E-state index contributed by atoms with van der Waals surface area (Å²) < 4.78 is 0. The highest BCUT2D eigenvalue weighted by atomic mass is 35.5. The zero-order valence-electron chi connectivity index (χ0n) is 20.4. The number of aliphatic hydroxyl groups is 2. The fraction of sp³-hybridized carbons (Fsp3) is 0.542. The van der Waals surface area contributed by atoms with E-state index in [-0.39, 0.29) is 19.4 Å². The number of halogens is 1. The fourth-order valence-corrected chi connectivity index (χ4v) is 4.77. The number of benzene rings is 1. The lowest BCUT2D eigenvalue weighted by molar-refractivity contribution is -0.143. The zero-order valence-corrected chi connectivity index (χ0v) is 21.1. The van der Waals surface area contributed by atoms with Gasteiger partial charge in [-0.3, -0.25) is 24.0 Å². The van der Waals surface area contributed by atoms with Crippen LogP contribution in [0.4, 0.5) is 0 Å². The molecule has 12 nitrogen and oxygen atoms in total. The summed E-state index contributed by atoms with van der Waals surface area (Å²) in [4.78, 5) is 66.3. The number of alkyl halides is 1. The standard InChI is InChI=1S/C24H32ClN5O7/c1-2-15-21(34)29-17(11-31)22(35)28-16(13-6-4-3-5-7-13)10-19(33)26-18(12-32)24(37)30-9-8-14(25)20(30)23(36)27-15/h3-7,14-18,20,31-32H,2,8-12H2,1H3,(H,26,33)(H,27,36)(H,28,35)(H,29,34)/t14-,15+,16-,17+,18+,20+/m1/s1. The van der Waals surface area contributed by atoms with E-state index >= 15 is 0 Å². The third-order valence-corrected chi connectivity index (χ3v) is 6.91. The molecule has 3 rings (SSSR count). The Morgan fingerprint density at radius 2 is 1.49 bits per heavy atom. The van der Waals surface area contributed by atoms with Crippen LogP contribution in [0.25, 0.3) is 0 Å². The van der Waals surface area contributed by atoms with Gasteiger partial charge in [-0.25, -0.2) is 0 Å². The highest BCUT2D eigenvalue weighted by Gasteiger charge is 2.44. The second kappa shape index (κ2) is 12.8. The first-order chi connectivity index (χ1) is 17.7. The van der Waals surface area contributed by atoms with Crippen molar-refractivity contribution in [3.63, 3.8) is 0 Å². The maximum atomic E-state index is 13.2. The molecule has 0 unspecified atom stereocenters. The molecule has 2 saturated heterocycles. The number of nitrogens with zero attached hydrogens (tertiary/aromatic N) is 1. The van der Waals surface area contributed by atoms with Crippen LogP contribution in [0.2, 0.25) is 0 Å². The summed E-state index contributed by atoms with van der Waals surface area (Å²) in [7, 11) is 0. The van der Waals surface area contributed by atoms with Crippen LogP contribution in [0, 0.1) is 0 Å². The number of carbonyl (C=O) groups is 5. The molecule has 0 bridgehead atoms. The molecule has 0 saturated carbocycles. The van der Waals surface area contributed by atoms with Crippen LogP contribution in [-0.2, 0) is 24.0 Å². The predicted molar refractivity (Wildman–Crippen MR) is 132 cm³/mol. The van der Waals surface area contributed by atoms with Crippen LogP contribution in [0.1, 0.15) is 37.8 Å². The maximum absolute atomic E-state index is 13.2. The largest absolute Gasteiger partial charge is 0.394 e. The molecule has 13 heteroatoms. The van der Waals surface area contributed by atoms with E-state index < -0.39 is 78.3 Å². The average Bonchev–Trinajstić information content (AvgIpc) is 3.29. The number of nitrogens with one attached hydrogen (secondary N) is 4. The Balaban J connectivity index is 1.98. The number of fused-ring (bicyclic) bond motifs is 1. The van der Waals surface area contributed by atoms with Gasteiger partial charge in [0.15, 0.2) is 0 Å². The minimum Gasteiger partial charge on any atom is -0.394 e. The Morgan fingerprint density at radius 3 is 2.11 bits per heavy atom. The minimum absolute atomic E-state index is 0.121. The Bertz CT molecular complexity index is 1010. The molecule has 0 spiro atoms. The molecule has 2 aliphatic heterocycles. The van der Waals surface area contributed by atoms with E-state index in [0.29, 0.717) is 12.0 Å². The molecule has 0 aliphatic carbocycles. The molecular formula is C24H32ClN5O7. The molecule has 0 radical (unpaired) electrons. The summed E-state index contributed by atoms with van der Waals surface area (Å²) in [5.74, 6) is -3.47. The van der Waals surface area contributed by atoms with Gasteiger partial charge in [-0.05, 0) is 18.4 Å². The van der Waals surface area contributed by atoms with Gasteiger partial charge >= 0.3 is 0 Å². The Kier molecular flexibility index (Phi) is 9.84. The van der Waals surface area contributed by atoms with Crippen molar-refractivity contribution in [1.82, 2.24) is 26.2 Å². The Morgan fingerprint density at radius 1 is 0.865 bits per heavy atom. The van der Waals surface area contributed by atoms with E-state index in [1.165, 1.54) is 4.90 Å². The van der Waals surface area contributed by atoms with Gasteiger partial charge in [0.25, 0.3) is 0 Å². The smallest absolute Gasteiger partial charge is 0.248 e. The van der Waals surface area contributed by atoms with E-state index in [4.69, 9.17) is 11.6 Å². The summed E-state index contributed by atoms with van der Waals surface area (Å²) in [6, 6.07) is 2.81. The number of carbonyl (C=O) groups excluding carboxylic acids is 5. The second-order valence-corrected chi connectivity index (χ2v) is 9.53. The molecule has 5 amide bonds. The molecular weight excluding hydrogens is 506 g/mol. The molecule has 37 heavy (non-hydrogen) atoms. The summed E-state index contributed by atoms with van der Waals surface area (Å²) in [6.45, 7) is 0.319. The molecule has 202 valence electrons. The van der Waals surface area contributed by atoms with E-state index in [2.05, 4.69) is 21.3 Å². The Labute approximate surface area is 219 Å². The lowest BCUT2D eigenvalue weighted by atomic mass is 10.0. The molecule has 1 aromatic carbocycles. The highest BCUT2D eigenvalue weighted by molar-refractivity contribution is 6.23. The maximum Gasteiger partial charge on any atom is 0.248 e. The SMILES string of the molecule is CC[C@@H]1NC(=O)[C@@H]2[C@H](Cl)CCN2C(=O)[C@H](CO)NC(=O)C[C@H](c2ccccc2)NC(=O)[C@H](CO)NC1=O. The van der Waals surface area contributed by atoms with Crippen LogP contribution < -0.4 is 21.3 Å². The highest BCUT2D eigenvalue weighted by Crippen LogP contribution is 2.25. The van der Waals surface area contributed by atoms with Gasteiger partial charge in [-0.1, -0.05) is 37.3 Å². The first kappa shape index (κ1) is 28.4. The van der Waals surface area contributed by atoms with Crippen LogP contribution in [0.5, 0.6) is 0 Å². The minimum atomic E-state index is -1.35. The van der Waals surface area contributed by atoms with Crippen LogP contribution >= 0.6 is 11.6 Å². The second-order valence-electron chi connectivity index (χ2n) is 8.97. The lowest BCUT2D eigenvalue weighted by Gasteiger charge is -2.31. The average molecular weight is 538 g/mol. The molecule has 2 fully saturated rings. The van der Waals surface area contributed by atoms with Gasteiger partial charge in [0, 0.05) is 6.54 Å². The first-order valence-corrected chi connectivity index (χ1v) is 12.5. The number of hydrogen-bond donors (Lipinski definition) is 6. The predicted octanol–water partition coefficient (Wildman–Crippen LogP) is -1.70. The molecule has 1 aromatic rings. The third kappa shape index (κ3) is 6.76. The summed E-state index contributed by atoms with van der Waals surface area (Å²) >= 11 is 6.35. The van der Waals surface area contributed by atoms with Gasteiger partial charge in [-0.15, -0.1) is 11.6 Å². The van der Waals surface area contributed by atoms with Gasteiger partial charge in [0.05, 0.1) is 31.1 Å².